The van der Waals surface area contributed by atoms with E-state index in [1.807, 2.05) is 6.07 Å². The number of carboxylic acid groups (broad SMARTS) is 1. The fraction of sp³-hybridized carbons (Fsp3) is 0.562. The van der Waals surface area contributed by atoms with Gasteiger partial charge in [0.2, 0.25) is 0 Å². The van der Waals surface area contributed by atoms with Gasteiger partial charge >= 0.3 is 5.97 Å². The van der Waals surface area contributed by atoms with Crippen LogP contribution in [0.15, 0.2) is 18.2 Å². The summed E-state index contributed by atoms with van der Waals surface area (Å²) >= 11 is 0. The first-order valence-corrected chi connectivity index (χ1v) is 6.73. The highest BCUT2D eigenvalue weighted by Gasteiger charge is 2.43. The Bertz CT molecular complexity index is 485. The van der Waals surface area contributed by atoms with Crippen LogP contribution in [-0.4, -0.2) is 18.2 Å². The third-order valence-electron chi connectivity index (χ3n) is 3.87. The van der Waals surface area contributed by atoms with E-state index in [1.54, 1.807) is 7.11 Å². The topological polar surface area (TPSA) is 46.5 Å². The number of benzene rings is 1. The number of ether oxygens (including phenoxy) is 1. The molecule has 3 heteroatoms. The van der Waals surface area contributed by atoms with Gasteiger partial charge in [0.05, 0.1) is 13.0 Å². The van der Waals surface area contributed by atoms with Crippen LogP contribution in [0.1, 0.15) is 38.3 Å². The lowest BCUT2D eigenvalue weighted by molar-refractivity contribution is -0.138. The van der Waals surface area contributed by atoms with E-state index in [9.17, 15) is 4.79 Å². The summed E-state index contributed by atoms with van der Waals surface area (Å²) in [6.45, 7) is 6.53. The van der Waals surface area contributed by atoms with Gasteiger partial charge in [0.15, 0.2) is 0 Å². The van der Waals surface area contributed by atoms with E-state index < -0.39 is 5.97 Å². The Labute approximate surface area is 114 Å². The van der Waals surface area contributed by atoms with E-state index in [0.29, 0.717) is 0 Å². The largest absolute Gasteiger partial charge is 0.496 e. The van der Waals surface area contributed by atoms with E-state index in [4.69, 9.17) is 9.84 Å². The highest BCUT2D eigenvalue weighted by Crippen LogP contribution is 2.43. The van der Waals surface area contributed by atoms with Crippen LogP contribution in [-0.2, 0) is 16.6 Å². The molecule has 19 heavy (non-hydrogen) atoms. The predicted octanol–water partition coefficient (Wildman–Crippen LogP) is 3.26. The van der Waals surface area contributed by atoms with Gasteiger partial charge in [0, 0.05) is 0 Å². The van der Waals surface area contributed by atoms with Crippen molar-refractivity contribution in [2.75, 3.05) is 7.11 Å². The number of rotatable bonds is 4. The molecule has 1 aromatic rings. The molecular weight excluding hydrogens is 240 g/mol. The first-order chi connectivity index (χ1) is 8.82. The minimum Gasteiger partial charge on any atom is -0.496 e. The maximum Gasteiger partial charge on any atom is 0.306 e. The molecule has 1 fully saturated rings. The monoisotopic (exact) mass is 262 g/mol. The minimum atomic E-state index is -0.670. The fourth-order valence-electron chi connectivity index (χ4n) is 2.46. The Morgan fingerprint density at radius 3 is 2.58 bits per heavy atom. The minimum absolute atomic E-state index is 0.0940. The summed E-state index contributed by atoms with van der Waals surface area (Å²) in [6, 6.07) is 6.24. The van der Waals surface area contributed by atoms with Crippen LogP contribution in [0.4, 0.5) is 0 Å². The van der Waals surface area contributed by atoms with Crippen LogP contribution in [0.3, 0.4) is 0 Å². The molecule has 0 bridgehead atoms. The molecule has 104 valence electrons. The molecule has 2 atom stereocenters. The molecule has 0 saturated heterocycles. The zero-order valence-corrected chi connectivity index (χ0v) is 12.1. The zero-order valence-electron chi connectivity index (χ0n) is 12.1. The number of carbonyl (C=O) groups is 1. The molecular formula is C16H22O3. The van der Waals surface area contributed by atoms with Crippen molar-refractivity contribution in [2.45, 2.75) is 39.0 Å². The van der Waals surface area contributed by atoms with E-state index in [1.165, 1.54) is 5.56 Å². The molecule has 1 aliphatic rings. The normalized spacial score (nSPS) is 22.1. The van der Waals surface area contributed by atoms with E-state index in [0.717, 1.165) is 24.2 Å². The first-order valence-electron chi connectivity index (χ1n) is 6.73. The van der Waals surface area contributed by atoms with Crippen LogP contribution in [0.5, 0.6) is 5.75 Å². The maximum absolute atomic E-state index is 10.9. The van der Waals surface area contributed by atoms with Crippen LogP contribution < -0.4 is 4.74 Å². The third kappa shape index (κ3) is 3.09. The average molecular weight is 262 g/mol. The number of hydrogen-bond donors (Lipinski definition) is 1. The fourth-order valence-corrected chi connectivity index (χ4v) is 2.46. The molecule has 2 unspecified atom stereocenters. The van der Waals surface area contributed by atoms with Gasteiger partial charge in [-0.25, -0.2) is 0 Å². The van der Waals surface area contributed by atoms with Crippen molar-refractivity contribution in [1.29, 1.82) is 0 Å². The number of aliphatic carboxylic acids is 1. The molecule has 0 aromatic heterocycles. The second kappa shape index (κ2) is 4.87. The van der Waals surface area contributed by atoms with Gasteiger partial charge in [-0.05, 0) is 41.4 Å². The molecule has 1 aliphatic carbocycles. The van der Waals surface area contributed by atoms with Crippen molar-refractivity contribution in [2.24, 2.45) is 11.8 Å². The summed E-state index contributed by atoms with van der Waals surface area (Å²) < 4.78 is 5.39. The Kier molecular flexibility index (Phi) is 3.57. The van der Waals surface area contributed by atoms with Crippen LogP contribution >= 0.6 is 0 Å². The number of carboxylic acids is 1. The van der Waals surface area contributed by atoms with Gasteiger partial charge in [-0.15, -0.1) is 0 Å². The number of methoxy groups -OCH3 is 1. The van der Waals surface area contributed by atoms with Gasteiger partial charge in [-0.2, -0.15) is 0 Å². The predicted molar refractivity (Wildman–Crippen MR) is 74.6 cm³/mol. The zero-order chi connectivity index (χ0) is 14.2. The van der Waals surface area contributed by atoms with Gasteiger partial charge in [-0.3, -0.25) is 4.79 Å². The van der Waals surface area contributed by atoms with Gasteiger partial charge in [0.25, 0.3) is 0 Å². The lowest BCUT2D eigenvalue weighted by Gasteiger charge is -2.21. The summed E-state index contributed by atoms with van der Waals surface area (Å²) in [5, 5.41) is 8.98. The Hall–Kier alpha value is -1.51. The Morgan fingerprint density at radius 1 is 1.42 bits per heavy atom. The van der Waals surface area contributed by atoms with Gasteiger partial charge in [0.1, 0.15) is 5.75 Å². The van der Waals surface area contributed by atoms with E-state index >= 15 is 0 Å². The standard InChI is InChI=1S/C16H22O3/c1-16(2,3)12-5-6-14(19-4)11(8-12)7-10-9-13(10)15(17)18/h5-6,8,10,13H,7,9H2,1-4H3,(H,17,18). The third-order valence-corrected chi connectivity index (χ3v) is 3.87. The highest BCUT2D eigenvalue weighted by atomic mass is 16.5. The molecule has 1 aromatic carbocycles. The van der Waals surface area contributed by atoms with Crippen molar-refractivity contribution in [3.8, 4) is 5.75 Å². The van der Waals surface area contributed by atoms with Crippen molar-refractivity contribution in [3.05, 3.63) is 29.3 Å². The van der Waals surface area contributed by atoms with Crippen LogP contribution in [0.2, 0.25) is 0 Å². The van der Waals surface area contributed by atoms with E-state index in [2.05, 4.69) is 32.9 Å². The maximum atomic E-state index is 10.9. The Morgan fingerprint density at radius 2 is 2.11 bits per heavy atom. The quantitative estimate of drug-likeness (QED) is 0.906. The summed E-state index contributed by atoms with van der Waals surface area (Å²) in [5.41, 5.74) is 2.48. The van der Waals surface area contributed by atoms with Crippen molar-refractivity contribution in [3.63, 3.8) is 0 Å². The summed E-state index contributed by atoms with van der Waals surface area (Å²) in [6.07, 6.45) is 1.59. The molecule has 3 nitrogen and oxygen atoms in total. The SMILES string of the molecule is COc1ccc(C(C)(C)C)cc1CC1CC1C(=O)O. The smallest absolute Gasteiger partial charge is 0.306 e. The van der Waals surface area contributed by atoms with Crippen molar-refractivity contribution < 1.29 is 14.6 Å². The van der Waals surface area contributed by atoms with Crippen LogP contribution in [0.25, 0.3) is 0 Å². The molecule has 0 radical (unpaired) electrons. The van der Waals surface area contributed by atoms with Crippen molar-refractivity contribution >= 4 is 5.97 Å². The first kappa shape index (κ1) is 13.9. The molecule has 1 saturated carbocycles. The lowest BCUT2D eigenvalue weighted by atomic mass is 9.85. The second-order valence-electron chi connectivity index (χ2n) is 6.42. The van der Waals surface area contributed by atoms with Gasteiger partial charge in [-0.1, -0.05) is 32.9 Å². The molecule has 0 heterocycles. The molecule has 0 spiro atoms. The lowest BCUT2D eigenvalue weighted by Crippen LogP contribution is -2.12. The summed E-state index contributed by atoms with van der Waals surface area (Å²) in [7, 11) is 1.66. The van der Waals surface area contributed by atoms with Crippen LogP contribution in [0, 0.1) is 11.8 Å². The molecule has 1 N–H and O–H groups in total. The molecule has 0 amide bonds. The second-order valence-corrected chi connectivity index (χ2v) is 6.42. The molecule has 0 aliphatic heterocycles. The summed E-state index contributed by atoms with van der Waals surface area (Å²) in [5.74, 6) is 0.296. The highest BCUT2D eigenvalue weighted by molar-refractivity contribution is 5.73. The Balaban J connectivity index is 2.20. The summed E-state index contributed by atoms with van der Waals surface area (Å²) in [4.78, 5) is 10.9. The van der Waals surface area contributed by atoms with Crippen molar-refractivity contribution in [1.82, 2.24) is 0 Å². The average Bonchev–Trinajstić information content (AvgIpc) is 3.07. The van der Waals surface area contributed by atoms with E-state index in [-0.39, 0.29) is 17.3 Å². The van der Waals surface area contributed by atoms with Gasteiger partial charge < -0.3 is 9.84 Å². The number of hydrogen-bond acceptors (Lipinski definition) is 2. The molecule has 2 rings (SSSR count).